The van der Waals surface area contributed by atoms with Crippen LogP contribution in [0.5, 0.6) is 0 Å². The molecule has 0 radical (unpaired) electrons. The van der Waals surface area contributed by atoms with Crippen LogP contribution in [0.2, 0.25) is 0 Å². The number of carbonyl (C=O) groups excluding carboxylic acids is 1. The molecule has 0 aromatic rings. The summed E-state index contributed by atoms with van der Waals surface area (Å²) in [7, 11) is -4.09. The van der Waals surface area contributed by atoms with E-state index < -0.39 is 27.9 Å². The molecule has 0 bridgehead atoms. The molecule has 1 atom stereocenters. The van der Waals surface area contributed by atoms with Crippen LogP contribution in [0.15, 0.2) is 0 Å². The van der Waals surface area contributed by atoms with E-state index in [-0.39, 0.29) is 0 Å². The van der Waals surface area contributed by atoms with Gasteiger partial charge in [0.2, 0.25) is 0 Å². The minimum atomic E-state index is -4.09. The highest BCUT2D eigenvalue weighted by Gasteiger charge is 2.16. The van der Waals surface area contributed by atoms with Gasteiger partial charge in [0.25, 0.3) is 10.1 Å². The van der Waals surface area contributed by atoms with Crippen LogP contribution in [-0.4, -0.2) is 30.8 Å². The molecule has 0 aromatic carbocycles. The quantitative estimate of drug-likeness (QED) is 0.317. The summed E-state index contributed by atoms with van der Waals surface area (Å²) in [5.74, 6) is -0.939. The van der Waals surface area contributed by atoms with Gasteiger partial charge in [0.15, 0.2) is 0 Å². The number of esters is 1. The molecule has 0 saturated carbocycles. The lowest BCUT2D eigenvalue weighted by atomic mass is 10.1. The Hall–Kier alpha value is -0.620. The highest BCUT2D eigenvalue weighted by atomic mass is 32.2. The predicted octanol–water partition coefficient (Wildman–Crippen LogP) is 3.73. The summed E-state index contributed by atoms with van der Waals surface area (Å²) in [6.07, 6.45) is 10.1. The predicted molar refractivity (Wildman–Crippen MR) is 83.8 cm³/mol. The molecule has 0 aliphatic rings. The van der Waals surface area contributed by atoms with E-state index in [0.29, 0.717) is 6.42 Å². The summed E-state index contributed by atoms with van der Waals surface area (Å²) in [4.78, 5) is 11.4. The Bertz CT molecular complexity index is 364. The van der Waals surface area contributed by atoms with Crippen molar-refractivity contribution in [2.24, 2.45) is 0 Å². The van der Waals surface area contributed by atoms with Gasteiger partial charge in [-0.3, -0.25) is 9.35 Å². The Morgan fingerprint density at radius 1 is 1.00 bits per heavy atom. The minimum absolute atomic E-state index is 0.311. The van der Waals surface area contributed by atoms with Crippen molar-refractivity contribution < 1.29 is 22.5 Å². The summed E-state index contributed by atoms with van der Waals surface area (Å²) in [5, 5.41) is 0. The Morgan fingerprint density at radius 2 is 1.48 bits per heavy atom. The molecule has 21 heavy (non-hydrogen) atoms. The molecule has 0 aromatic heterocycles. The van der Waals surface area contributed by atoms with E-state index in [9.17, 15) is 13.2 Å². The fourth-order valence-electron chi connectivity index (χ4n) is 2.19. The molecule has 0 unspecified atom stereocenters. The van der Waals surface area contributed by atoms with Crippen LogP contribution in [0.3, 0.4) is 0 Å². The number of rotatable bonds is 13. The van der Waals surface area contributed by atoms with Gasteiger partial charge in [-0.15, -0.1) is 0 Å². The smallest absolute Gasteiger partial charge is 0.306 e. The highest BCUT2D eigenvalue weighted by Crippen LogP contribution is 2.11. The maximum Gasteiger partial charge on any atom is 0.306 e. The fraction of sp³-hybridized carbons (Fsp3) is 0.933. The third-order valence-corrected chi connectivity index (χ3v) is 4.15. The SMILES string of the molecule is CCCCCCCCCCCC(=O)O[C@@H](C)CS(=O)(=O)O. The molecule has 5 nitrogen and oxygen atoms in total. The first-order chi connectivity index (χ1) is 9.85. The lowest BCUT2D eigenvalue weighted by Gasteiger charge is -2.11. The Kier molecular flexibility index (Phi) is 11.6. The van der Waals surface area contributed by atoms with Crippen LogP contribution in [0.4, 0.5) is 0 Å². The molecule has 0 fully saturated rings. The van der Waals surface area contributed by atoms with E-state index in [2.05, 4.69) is 6.92 Å². The van der Waals surface area contributed by atoms with Crippen LogP contribution in [0.1, 0.15) is 78.1 Å². The molecule has 0 spiro atoms. The largest absolute Gasteiger partial charge is 0.461 e. The normalized spacial score (nSPS) is 13.1. The van der Waals surface area contributed by atoms with E-state index in [0.717, 1.165) is 19.3 Å². The lowest BCUT2D eigenvalue weighted by molar-refractivity contribution is -0.147. The Morgan fingerprint density at radius 3 is 1.95 bits per heavy atom. The van der Waals surface area contributed by atoms with E-state index in [1.165, 1.54) is 45.4 Å². The third kappa shape index (κ3) is 15.6. The second-order valence-corrected chi connectivity index (χ2v) is 7.12. The van der Waals surface area contributed by atoms with Crippen molar-refractivity contribution in [2.75, 3.05) is 5.75 Å². The summed E-state index contributed by atoms with van der Waals surface area (Å²) in [6, 6.07) is 0. The summed E-state index contributed by atoms with van der Waals surface area (Å²) in [6.45, 7) is 3.66. The molecular weight excluding hydrogens is 292 g/mol. The average Bonchev–Trinajstić information content (AvgIpc) is 2.34. The molecule has 0 heterocycles. The maximum absolute atomic E-state index is 11.4. The second-order valence-electron chi connectivity index (χ2n) is 5.63. The molecule has 0 aliphatic heterocycles. The number of carbonyl (C=O) groups is 1. The van der Waals surface area contributed by atoms with Crippen molar-refractivity contribution in [2.45, 2.75) is 84.2 Å². The molecule has 0 amide bonds. The van der Waals surface area contributed by atoms with E-state index in [4.69, 9.17) is 9.29 Å². The van der Waals surface area contributed by atoms with Gasteiger partial charge in [-0.25, -0.2) is 0 Å². The fourth-order valence-corrected chi connectivity index (χ4v) is 2.86. The summed E-state index contributed by atoms with van der Waals surface area (Å²) in [5.41, 5.74) is 0. The standard InChI is InChI=1S/C15H30O5S/c1-3-4-5-6-7-8-9-10-11-12-15(16)20-14(2)13-21(17,18)19/h14H,3-13H2,1-2H3,(H,17,18,19)/t14-/m0/s1. The van der Waals surface area contributed by atoms with Gasteiger partial charge in [-0.1, -0.05) is 58.3 Å². The molecule has 6 heteroatoms. The van der Waals surface area contributed by atoms with E-state index in [1.54, 1.807) is 0 Å². The van der Waals surface area contributed by atoms with Crippen LogP contribution in [0.25, 0.3) is 0 Å². The second kappa shape index (κ2) is 12.0. The molecule has 0 saturated heterocycles. The summed E-state index contributed by atoms with van der Waals surface area (Å²) < 4.78 is 34.8. The lowest BCUT2D eigenvalue weighted by Crippen LogP contribution is -2.23. The summed E-state index contributed by atoms with van der Waals surface area (Å²) >= 11 is 0. The zero-order valence-electron chi connectivity index (χ0n) is 13.3. The number of hydrogen-bond acceptors (Lipinski definition) is 4. The molecule has 0 rings (SSSR count). The van der Waals surface area contributed by atoms with Gasteiger partial charge >= 0.3 is 5.97 Å². The van der Waals surface area contributed by atoms with Crippen molar-refractivity contribution in [3.8, 4) is 0 Å². The zero-order chi connectivity index (χ0) is 16.1. The van der Waals surface area contributed by atoms with E-state index >= 15 is 0 Å². The first kappa shape index (κ1) is 20.4. The first-order valence-corrected chi connectivity index (χ1v) is 9.60. The van der Waals surface area contributed by atoms with E-state index in [1.807, 2.05) is 0 Å². The minimum Gasteiger partial charge on any atom is -0.461 e. The van der Waals surface area contributed by atoms with Gasteiger partial charge in [0.05, 0.1) is 0 Å². The molecule has 1 N–H and O–H groups in total. The van der Waals surface area contributed by atoms with Crippen LogP contribution < -0.4 is 0 Å². The Labute approximate surface area is 129 Å². The van der Waals surface area contributed by atoms with Gasteiger partial charge in [-0.05, 0) is 13.3 Å². The van der Waals surface area contributed by atoms with Crippen molar-refractivity contribution in [1.82, 2.24) is 0 Å². The number of unbranched alkanes of at least 4 members (excludes halogenated alkanes) is 8. The topological polar surface area (TPSA) is 80.7 Å². The number of hydrogen-bond donors (Lipinski definition) is 1. The van der Waals surface area contributed by atoms with Crippen molar-refractivity contribution in [1.29, 1.82) is 0 Å². The van der Waals surface area contributed by atoms with Crippen LogP contribution in [-0.2, 0) is 19.6 Å². The van der Waals surface area contributed by atoms with Crippen molar-refractivity contribution >= 4 is 16.1 Å². The third-order valence-electron chi connectivity index (χ3n) is 3.26. The van der Waals surface area contributed by atoms with Gasteiger partial charge < -0.3 is 4.74 Å². The molecule has 126 valence electrons. The average molecular weight is 322 g/mol. The van der Waals surface area contributed by atoms with Crippen molar-refractivity contribution in [3.05, 3.63) is 0 Å². The van der Waals surface area contributed by atoms with Crippen molar-refractivity contribution in [3.63, 3.8) is 0 Å². The van der Waals surface area contributed by atoms with Gasteiger partial charge in [0, 0.05) is 6.42 Å². The number of ether oxygens (including phenoxy) is 1. The van der Waals surface area contributed by atoms with Gasteiger partial charge in [-0.2, -0.15) is 8.42 Å². The molecule has 0 aliphatic carbocycles. The zero-order valence-corrected chi connectivity index (χ0v) is 14.2. The van der Waals surface area contributed by atoms with Crippen LogP contribution >= 0.6 is 0 Å². The van der Waals surface area contributed by atoms with Gasteiger partial charge in [0.1, 0.15) is 11.9 Å². The Balaban J connectivity index is 3.46. The molecular formula is C15H30O5S. The maximum atomic E-state index is 11.4. The highest BCUT2D eigenvalue weighted by molar-refractivity contribution is 7.85. The van der Waals surface area contributed by atoms with Crippen LogP contribution in [0, 0.1) is 0 Å². The monoisotopic (exact) mass is 322 g/mol. The first-order valence-electron chi connectivity index (χ1n) is 7.99.